The van der Waals surface area contributed by atoms with Gasteiger partial charge in [0.15, 0.2) is 0 Å². The van der Waals surface area contributed by atoms with E-state index in [1.165, 1.54) is 6.07 Å². The highest BCUT2D eigenvalue weighted by Crippen LogP contribution is 2.36. The number of hydrogen-bond donors (Lipinski definition) is 1. The molecule has 0 aromatic carbocycles. The molecule has 2 rings (SSSR count). The number of halogens is 3. The second-order valence-electron chi connectivity index (χ2n) is 5.04. The largest absolute Gasteiger partial charge is 0.452 e. The number of aromatic nitrogens is 1. The van der Waals surface area contributed by atoms with Gasteiger partial charge in [-0.05, 0) is 26.3 Å². The van der Waals surface area contributed by atoms with Crippen LogP contribution < -0.4 is 4.72 Å². The van der Waals surface area contributed by atoms with Gasteiger partial charge in [-0.1, -0.05) is 12.1 Å². The Morgan fingerprint density at radius 1 is 1.39 bits per heavy atom. The zero-order chi connectivity index (χ0) is 17.4. The predicted octanol–water partition coefficient (Wildman–Crippen LogP) is 3.81. The minimum atomic E-state index is -4.63. The van der Waals surface area contributed by atoms with Crippen molar-refractivity contribution < 1.29 is 26.1 Å². The number of nitrogens with zero attached hydrogens (tertiary/aromatic N) is 1. The molecule has 0 aliphatic heterocycles. The van der Waals surface area contributed by atoms with Gasteiger partial charge >= 0.3 is 6.18 Å². The summed E-state index contributed by atoms with van der Waals surface area (Å²) in [5.74, 6) is -1.22. The Morgan fingerprint density at radius 3 is 2.57 bits per heavy atom. The van der Waals surface area contributed by atoms with Gasteiger partial charge in [-0.25, -0.2) is 13.1 Å². The normalized spacial score (nSPS) is 14.2. The van der Waals surface area contributed by atoms with Crippen LogP contribution in [0.2, 0.25) is 0 Å². The van der Waals surface area contributed by atoms with Gasteiger partial charge in [0.25, 0.3) is 0 Å². The summed E-state index contributed by atoms with van der Waals surface area (Å²) in [5, 5.41) is 3.37. The Morgan fingerprint density at radius 2 is 2.04 bits per heavy atom. The SMILES string of the molecule is CCC(C)NS(=O)(=O)c1cc(-c2cc(C(F)(F)F)on2)sc1C. The molecule has 0 saturated heterocycles. The standard InChI is InChI=1S/C13H15F3N2O3S2/c1-4-7(2)18-23(19,20)11-6-10(22-8(11)3)9-5-12(21-17-9)13(14,15)16/h5-7,18H,4H2,1-3H3. The van der Waals surface area contributed by atoms with E-state index in [0.717, 1.165) is 17.4 Å². The molecule has 0 bridgehead atoms. The molecule has 1 N–H and O–H groups in total. The summed E-state index contributed by atoms with van der Waals surface area (Å²) in [4.78, 5) is 0.799. The van der Waals surface area contributed by atoms with Gasteiger partial charge < -0.3 is 4.52 Å². The maximum atomic E-state index is 12.5. The molecule has 2 heterocycles. The fraction of sp³-hybridized carbons (Fsp3) is 0.462. The lowest BCUT2D eigenvalue weighted by Gasteiger charge is -2.11. The van der Waals surface area contributed by atoms with E-state index in [1.807, 2.05) is 6.92 Å². The number of rotatable bonds is 5. The molecule has 0 amide bonds. The highest BCUT2D eigenvalue weighted by molar-refractivity contribution is 7.89. The minimum absolute atomic E-state index is 0.0364. The quantitative estimate of drug-likeness (QED) is 0.871. The lowest BCUT2D eigenvalue weighted by molar-refractivity contribution is -0.155. The van der Waals surface area contributed by atoms with Crippen LogP contribution >= 0.6 is 11.3 Å². The molecular weight excluding hydrogens is 353 g/mol. The third kappa shape index (κ3) is 3.93. The van der Waals surface area contributed by atoms with Crippen LogP contribution in [0.4, 0.5) is 13.2 Å². The summed E-state index contributed by atoms with van der Waals surface area (Å²) in [6, 6.07) is 1.82. The van der Waals surface area contributed by atoms with Crippen LogP contribution in [0, 0.1) is 6.92 Å². The van der Waals surface area contributed by atoms with Crippen molar-refractivity contribution in [2.24, 2.45) is 0 Å². The third-order valence-corrected chi connectivity index (χ3v) is 6.09. The van der Waals surface area contributed by atoms with Gasteiger partial charge in [0.05, 0.1) is 9.77 Å². The highest BCUT2D eigenvalue weighted by atomic mass is 32.2. The molecule has 10 heteroatoms. The summed E-state index contributed by atoms with van der Waals surface area (Å²) in [5.41, 5.74) is -0.0459. The maximum absolute atomic E-state index is 12.5. The molecule has 0 saturated carbocycles. The Kier molecular flexibility index (Phi) is 4.88. The van der Waals surface area contributed by atoms with E-state index in [2.05, 4.69) is 14.4 Å². The van der Waals surface area contributed by atoms with E-state index in [4.69, 9.17) is 0 Å². The molecule has 0 spiro atoms. The number of hydrogen-bond acceptors (Lipinski definition) is 5. The van der Waals surface area contributed by atoms with Gasteiger partial charge in [0.1, 0.15) is 5.69 Å². The lowest BCUT2D eigenvalue weighted by atomic mass is 10.3. The monoisotopic (exact) mass is 368 g/mol. The van der Waals surface area contributed by atoms with Gasteiger partial charge in [0, 0.05) is 17.0 Å². The van der Waals surface area contributed by atoms with Crippen molar-refractivity contribution in [1.29, 1.82) is 0 Å². The van der Waals surface area contributed by atoms with Crippen molar-refractivity contribution in [1.82, 2.24) is 9.88 Å². The number of nitrogens with one attached hydrogen (secondary N) is 1. The molecule has 0 aliphatic rings. The van der Waals surface area contributed by atoms with Crippen LogP contribution in [0.5, 0.6) is 0 Å². The Hall–Kier alpha value is -1.39. The van der Waals surface area contributed by atoms with Crippen molar-refractivity contribution in [2.75, 3.05) is 0 Å². The highest BCUT2D eigenvalue weighted by Gasteiger charge is 2.36. The first-order chi connectivity index (χ1) is 10.5. The molecule has 0 aliphatic carbocycles. The minimum Gasteiger partial charge on any atom is -0.351 e. The first-order valence-corrected chi connectivity index (χ1v) is 9.01. The molecule has 0 radical (unpaired) electrons. The Labute approximate surface area is 135 Å². The van der Waals surface area contributed by atoms with Crippen molar-refractivity contribution in [3.05, 3.63) is 22.8 Å². The predicted molar refractivity (Wildman–Crippen MR) is 79.6 cm³/mol. The van der Waals surface area contributed by atoms with E-state index >= 15 is 0 Å². The summed E-state index contributed by atoms with van der Waals surface area (Å²) in [6.07, 6.45) is -4.02. The fourth-order valence-electron chi connectivity index (χ4n) is 1.80. The number of thiophene rings is 1. The summed E-state index contributed by atoms with van der Waals surface area (Å²) in [6.45, 7) is 5.16. The van der Waals surface area contributed by atoms with Gasteiger partial charge in [-0.3, -0.25) is 0 Å². The lowest BCUT2D eigenvalue weighted by Crippen LogP contribution is -2.32. The van der Waals surface area contributed by atoms with Crippen LogP contribution in [-0.2, 0) is 16.2 Å². The van der Waals surface area contributed by atoms with E-state index in [-0.39, 0.29) is 16.6 Å². The first kappa shape index (κ1) is 18.0. The summed E-state index contributed by atoms with van der Waals surface area (Å²) >= 11 is 1.04. The second kappa shape index (κ2) is 6.25. The number of sulfonamides is 1. The van der Waals surface area contributed by atoms with Crippen molar-refractivity contribution >= 4 is 21.4 Å². The number of alkyl halides is 3. The Balaban J connectivity index is 2.37. The zero-order valence-corrected chi connectivity index (χ0v) is 14.2. The zero-order valence-electron chi connectivity index (χ0n) is 12.6. The smallest absolute Gasteiger partial charge is 0.351 e. The first-order valence-electron chi connectivity index (χ1n) is 6.71. The Bertz CT molecular complexity index is 794. The van der Waals surface area contributed by atoms with Crippen LogP contribution in [0.15, 0.2) is 21.6 Å². The average Bonchev–Trinajstić information content (AvgIpc) is 3.03. The van der Waals surface area contributed by atoms with Gasteiger partial charge in [0.2, 0.25) is 15.8 Å². The summed E-state index contributed by atoms with van der Waals surface area (Å²) in [7, 11) is -3.73. The molecule has 2 aromatic rings. The molecule has 128 valence electrons. The fourth-order valence-corrected chi connectivity index (χ4v) is 4.67. The summed E-state index contributed by atoms with van der Waals surface area (Å²) < 4.78 is 69.0. The van der Waals surface area contributed by atoms with E-state index < -0.39 is 22.0 Å². The third-order valence-electron chi connectivity index (χ3n) is 3.17. The van der Waals surface area contributed by atoms with Crippen molar-refractivity contribution in [2.45, 2.75) is 44.3 Å². The van der Waals surface area contributed by atoms with Crippen LogP contribution in [0.25, 0.3) is 10.6 Å². The molecular formula is C13H15F3N2O3S2. The van der Waals surface area contributed by atoms with Gasteiger partial charge in [-0.15, -0.1) is 11.3 Å². The number of aryl methyl sites for hydroxylation is 1. The molecule has 2 aromatic heterocycles. The van der Waals surface area contributed by atoms with Crippen LogP contribution in [0.1, 0.15) is 30.9 Å². The molecule has 5 nitrogen and oxygen atoms in total. The van der Waals surface area contributed by atoms with Gasteiger partial charge in [-0.2, -0.15) is 13.2 Å². The topological polar surface area (TPSA) is 72.2 Å². The van der Waals surface area contributed by atoms with E-state index in [1.54, 1.807) is 13.8 Å². The second-order valence-corrected chi connectivity index (χ2v) is 7.97. The average molecular weight is 368 g/mol. The van der Waals surface area contributed by atoms with E-state index in [9.17, 15) is 21.6 Å². The van der Waals surface area contributed by atoms with Crippen molar-refractivity contribution in [3.63, 3.8) is 0 Å². The molecule has 1 unspecified atom stereocenters. The van der Waals surface area contributed by atoms with E-state index in [0.29, 0.717) is 16.2 Å². The molecule has 23 heavy (non-hydrogen) atoms. The molecule has 0 fully saturated rings. The van der Waals surface area contributed by atoms with Crippen molar-refractivity contribution in [3.8, 4) is 10.6 Å². The van der Waals surface area contributed by atoms with Crippen LogP contribution in [0.3, 0.4) is 0 Å². The maximum Gasteiger partial charge on any atom is 0.452 e. The van der Waals surface area contributed by atoms with Crippen LogP contribution in [-0.4, -0.2) is 19.6 Å². The molecule has 1 atom stereocenters.